The minimum atomic E-state index is 0.426. The van der Waals surface area contributed by atoms with E-state index in [0.717, 1.165) is 10.9 Å². The number of hydrogen-bond donors (Lipinski definition) is 1. The van der Waals surface area contributed by atoms with Crippen LogP contribution >= 0.6 is 15.9 Å². The maximum absolute atomic E-state index is 5.72. The van der Waals surface area contributed by atoms with Gasteiger partial charge in [-0.15, -0.1) is 0 Å². The van der Waals surface area contributed by atoms with Gasteiger partial charge in [-0.2, -0.15) is 0 Å². The molecule has 0 spiro atoms. The molecule has 2 aromatic rings. The van der Waals surface area contributed by atoms with Gasteiger partial charge in [-0.3, -0.25) is 0 Å². The van der Waals surface area contributed by atoms with E-state index in [0.29, 0.717) is 12.5 Å². The molecule has 0 aromatic heterocycles. The number of rotatable bonds is 4. The van der Waals surface area contributed by atoms with Crippen molar-refractivity contribution in [3.63, 3.8) is 0 Å². The molecule has 0 radical (unpaired) electrons. The van der Waals surface area contributed by atoms with Crippen molar-refractivity contribution in [1.29, 1.82) is 0 Å². The summed E-state index contributed by atoms with van der Waals surface area (Å²) in [4.78, 5) is 0. The Morgan fingerprint density at radius 1 is 1.06 bits per heavy atom. The SMILES string of the molecule is CC(CN)c1cccc(Cc2ccc(Br)cc2)c1. The summed E-state index contributed by atoms with van der Waals surface area (Å²) in [6.07, 6.45) is 0.971. The lowest BCUT2D eigenvalue weighted by Gasteiger charge is -2.10. The Morgan fingerprint density at radius 3 is 2.44 bits per heavy atom. The quantitative estimate of drug-likeness (QED) is 0.904. The molecule has 2 aromatic carbocycles. The maximum atomic E-state index is 5.72. The smallest absolute Gasteiger partial charge is 0.0175 e. The number of benzene rings is 2. The van der Waals surface area contributed by atoms with Crippen LogP contribution < -0.4 is 5.73 Å². The molecule has 0 bridgehead atoms. The van der Waals surface area contributed by atoms with Crippen molar-refractivity contribution in [3.05, 3.63) is 69.7 Å². The topological polar surface area (TPSA) is 26.0 Å². The monoisotopic (exact) mass is 303 g/mol. The van der Waals surface area contributed by atoms with E-state index in [2.05, 4.69) is 71.4 Å². The molecule has 1 unspecified atom stereocenters. The van der Waals surface area contributed by atoms with Gasteiger partial charge >= 0.3 is 0 Å². The summed E-state index contributed by atoms with van der Waals surface area (Å²) >= 11 is 3.46. The Kier molecular flexibility index (Phi) is 4.56. The van der Waals surface area contributed by atoms with Crippen LogP contribution in [0.5, 0.6) is 0 Å². The Labute approximate surface area is 117 Å². The molecule has 2 heteroatoms. The predicted molar refractivity (Wildman–Crippen MR) is 80.9 cm³/mol. The third kappa shape index (κ3) is 3.44. The molecule has 1 atom stereocenters. The van der Waals surface area contributed by atoms with E-state index in [1.807, 2.05) is 0 Å². The molecule has 0 saturated carbocycles. The van der Waals surface area contributed by atoms with Gasteiger partial charge in [-0.1, -0.05) is 59.3 Å². The van der Waals surface area contributed by atoms with Gasteiger partial charge in [0, 0.05) is 4.47 Å². The van der Waals surface area contributed by atoms with Crippen molar-refractivity contribution in [1.82, 2.24) is 0 Å². The van der Waals surface area contributed by atoms with Gasteiger partial charge in [0.25, 0.3) is 0 Å². The molecule has 0 heterocycles. The molecular weight excluding hydrogens is 286 g/mol. The molecule has 0 fully saturated rings. The third-order valence-corrected chi connectivity index (χ3v) is 3.72. The minimum absolute atomic E-state index is 0.426. The fourth-order valence-corrected chi connectivity index (χ4v) is 2.25. The molecule has 0 aliphatic heterocycles. The average Bonchev–Trinajstić information content (AvgIpc) is 2.41. The molecule has 94 valence electrons. The highest BCUT2D eigenvalue weighted by molar-refractivity contribution is 9.10. The zero-order valence-corrected chi connectivity index (χ0v) is 12.2. The van der Waals surface area contributed by atoms with Crippen molar-refractivity contribution in [2.24, 2.45) is 5.73 Å². The second-order valence-electron chi connectivity index (χ2n) is 4.69. The molecule has 18 heavy (non-hydrogen) atoms. The highest BCUT2D eigenvalue weighted by atomic mass is 79.9. The first kappa shape index (κ1) is 13.3. The van der Waals surface area contributed by atoms with Gasteiger partial charge in [0.1, 0.15) is 0 Å². The van der Waals surface area contributed by atoms with Crippen molar-refractivity contribution < 1.29 is 0 Å². The molecule has 2 N–H and O–H groups in total. The zero-order valence-electron chi connectivity index (χ0n) is 10.6. The maximum Gasteiger partial charge on any atom is 0.0175 e. The third-order valence-electron chi connectivity index (χ3n) is 3.20. The molecule has 0 aliphatic carbocycles. The van der Waals surface area contributed by atoms with Crippen molar-refractivity contribution in [2.45, 2.75) is 19.3 Å². The molecule has 0 saturated heterocycles. The van der Waals surface area contributed by atoms with Gasteiger partial charge in [-0.25, -0.2) is 0 Å². The van der Waals surface area contributed by atoms with Gasteiger partial charge in [0.2, 0.25) is 0 Å². The van der Waals surface area contributed by atoms with E-state index in [9.17, 15) is 0 Å². The summed E-state index contributed by atoms with van der Waals surface area (Å²) in [5.74, 6) is 0.426. The van der Waals surface area contributed by atoms with E-state index in [1.54, 1.807) is 0 Å². The molecule has 0 amide bonds. The number of halogens is 1. The fraction of sp³-hybridized carbons (Fsp3) is 0.250. The zero-order chi connectivity index (χ0) is 13.0. The van der Waals surface area contributed by atoms with Gasteiger partial charge in [-0.05, 0) is 47.7 Å². The van der Waals surface area contributed by atoms with Crippen molar-refractivity contribution in [3.8, 4) is 0 Å². The Bertz CT molecular complexity index is 505. The van der Waals surface area contributed by atoms with Crippen LogP contribution in [0.3, 0.4) is 0 Å². The summed E-state index contributed by atoms with van der Waals surface area (Å²) in [6.45, 7) is 2.86. The lowest BCUT2D eigenvalue weighted by Crippen LogP contribution is -2.09. The molecular formula is C16H18BrN. The van der Waals surface area contributed by atoms with Crippen LogP contribution in [0.4, 0.5) is 0 Å². The minimum Gasteiger partial charge on any atom is -0.330 e. The number of nitrogens with two attached hydrogens (primary N) is 1. The van der Waals surface area contributed by atoms with E-state index in [4.69, 9.17) is 5.73 Å². The second-order valence-corrected chi connectivity index (χ2v) is 5.60. The predicted octanol–water partition coefficient (Wildman–Crippen LogP) is 4.10. The summed E-state index contributed by atoms with van der Waals surface area (Å²) in [7, 11) is 0. The molecule has 2 rings (SSSR count). The van der Waals surface area contributed by atoms with Crippen LogP contribution in [-0.2, 0) is 6.42 Å². The fourth-order valence-electron chi connectivity index (χ4n) is 1.98. The van der Waals surface area contributed by atoms with Crippen molar-refractivity contribution in [2.75, 3.05) is 6.54 Å². The Balaban J connectivity index is 2.16. The standard InChI is InChI=1S/C16H18BrN/c1-12(11-18)15-4-2-3-14(10-15)9-13-5-7-16(17)8-6-13/h2-8,10,12H,9,11,18H2,1H3. The summed E-state index contributed by atoms with van der Waals surface area (Å²) < 4.78 is 1.12. The largest absolute Gasteiger partial charge is 0.330 e. The average molecular weight is 304 g/mol. The first-order chi connectivity index (χ1) is 8.69. The first-order valence-electron chi connectivity index (χ1n) is 6.22. The van der Waals surface area contributed by atoms with Crippen molar-refractivity contribution >= 4 is 15.9 Å². The van der Waals surface area contributed by atoms with E-state index < -0.39 is 0 Å². The Morgan fingerprint density at radius 2 is 1.78 bits per heavy atom. The van der Waals surface area contributed by atoms with E-state index in [1.165, 1.54) is 16.7 Å². The lowest BCUT2D eigenvalue weighted by molar-refractivity contribution is 0.772. The van der Waals surface area contributed by atoms with Gasteiger partial charge < -0.3 is 5.73 Å². The van der Waals surface area contributed by atoms with Crippen LogP contribution in [0.2, 0.25) is 0 Å². The second kappa shape index (κ2) is 6.17. The number of hydrogen-bond acceptors (Lipinski definition) is 1. The lowest BCUT2D eigenvalue weighted by atomic mass is 9.96. The van der Waals surface area contributed by atoms with Crippen LogP contribution in [0.25, 0.3) is 0 Å². The summed E-state index contributed by atoms with van der Waals surface area (Å²) in [5.41, 5.74) is 9.72. The summed E-state index contributed by atoms with van der Waals surface area (Å²) in [5, 5.41) is 0. The first-order valence-corrected chi connectivity index (χ1v) is 7.01. The molecule has 0 aliphatic rings. The van der Waals surface area contributed by atoms with E-state index in [-0.39, 0.29) is 0 Å². The van der Waals surface area contributed by atoms with Crippen LogP contribution in [0, 0.1) is 0 Å². The van der Waals surface area contributed by atoms with E-state index >= 15 is 0 Å². The summed E-state index contributed by atoms with van der Waals surface area (Å²) in [6, 6.07) is 17.2. The van der Waals surface area contributed by atoms with Crippen LogP contribution in [0.1, 0.15) is 29.5 Å². The Hall–Kier alpha value is -1.12. The molecule has 1 nitrogen and oxygen atoms in total. The van der Waals surface area contributed by atoms with Gasteiger partial charge in [0.15, 0.2) is 0 Å². The van der Waals surface area contributed by atoms with Crippen LogP contribution in [-0.4, -0.2) is 6.54 Å². The highest BCUT2D eigenvalue weighted by Gasteiger charge is 2.04. The van der Waals surface area contributed by atoms with Crippen LogP contribution in [0.15, 0.2) is 53.0 Å². The highest BCUT2D eigenvalue weighted by Crippen LogP contribution is 2.18. The normalized spacial score (nSPS) is 12.4. The van der Waals surface area contributed by atoms with Gasteiger partial charge in [0.05, 0.1) is 0 Å².